The van der Waals surface area contributed by atoms with E-state index < -0.39 is 10.0 Å². The van der Waals surface area contributed by atoms with Crippen molar-refractivity contribution in [1.29, 1.82) is 0 Å². The summed E-state index contributed by atoms with van der Waals surface area (Å²) in [6, 6.07) is 8.86. The molecule has 1 atom stereocenters. The number of amides is 1. The van der Waals surface area contributed by atoms with Gasteiger partial charge in [-0.15, -0.1) is 0 Å². The van der Waals surface area contributed by atoms with Gasteiger partial charge in [0.25, 0.3) is 5.91 Å². The maximum absolute atomic E-state index is 13.1. The van der Waals surface area contributed by atoms with Gasteiger partial charge >= 0.3 is 0 Å². The lowest BCUT2D eigenvalue weighted by Gasteiger charge is -2.27. The van der Waals surface area contributed by atoms with E-state index in [1.165, 1.54) is 21.5 Å². The number of aryl methyl sites for hydroxylation is 4. The number of hydrogen-bond donors (Lipinski definition) is 1. The van der Waals surface area contributed by atoms with Crippen LogP contribution in [0.5, 0.6) is 0 Å². The number of ether oxygens (including phenoxy) is 1. The van der Waals surface area contributed by atoms with Crippen LogP contribution in [0, 0.1) is 27.7 Å². The summed E-state index contributed by atoms with van der Waals surface area (Å²) in [7, 11) is -3.67. The first-order valence-electron chi connectivity index (χ1n) is 10.2. The van der Waals surface area contributed by atoms with Crippen molar-refractivity contribution in [1.82, 2.24) is 9.62 Å². The van der Waals surface area contributed by atoms with Crippen LogP contribution in [0.25, 0.3) is 0 Å². The van der Waals surface area contributed by atoms with Gasteiger partial charge in [0.05, 0.1) is 24.2 Å². The highest BCUT2D eigenvalue weighted by Crippen LogP contribution is 2.24. The Kier molecular flexibility index (Phi) is 6.65. The van der Waals surface area contributed by atoms with Crippen molar-refractivity contribution in [2.75, 3.05) is 26.3 Å². The van der Waals surface area contributed by atoms with Gasteiger partial charge in [0.2, 0.25) is 10.0 Å². The number of rotatable bonds is 5. The van der Waals surface area contributed by atoms with Gasteiger partial charge in [-0.3, -0.25) is 4.79 Å². The van der Waals surface area contributed by atoms with Crippen LogP contribution in [-0.2, 0) is 14.8 Å². The van der Waals surface area contributed by atoms with Crippen LogP contribution in [0.1, 0.15) is 51.1 Å². The summed E-state index contributed by atoms with van der Waals surface area (Å²) in [4.78, 5) is 13.1. The Hall–Kier alpha value is -2.22. The first-order chi connectivity index (χ1) is 14.1. The van der Waals surface area contributed by atoms with Crippen molar-refractivity contribution in [3.8, 4) is 0 Å². The molecule has 3 rings (SSSR count). The number of hydrogen-bond acceptors (Lipinski definition) is 4. The van der Waals surface area contributed by atoms with Gasteiger partial charge in [-0.05, 0) is 74.6 Å². The zero-order valence-electron chi connectivity index (χ0n) is 18.3. The molecule has 0 aromatic heterocycles. The Morgan fingerprint density at radius 3 is 2.27 bits per heavy atom. The minimum absolute atomic E-state index is 0.173. The molecule has 1 fully saturated rings. The summed E-state index contributed by atoms with van der Waals surface area (Å²) < 4.78 is 32.8. The molecule has 1 N–H and O–H groups in total. The van der Waals surface area contributed by atoms with Gasteiger partial charge in [0.1, 0.15) is 0 Å². The van der Waals surface area contributed by atoms with Gasteiger partial charge in [0.15, 0.2) is 0 Å². The van der Waals surface area contributed by atoms with Crippen molar-refractivity contribution in [2.24, 2.45) is 0 Å². The monoisotopic (exact) mass is 430 g/mol. The molecule has 7 heteroatoms. The van der Waals surface area contributed by atoms with Crippen molar-refractivity contribution >= 4 is 15.9 Å². The second-order valence-electron chi connectivity index (χ2n) is 7.98. The van der Waals surface area contributed by atoms with Gasteiger partial charge in [-0.1, -0.05) is 18.2 Å². The third-order valence-electron chi connectivity index (χ3n) is 5.73. The van der Waals surface area contributed by atoms with E-state index in [4.69, 9.17) is 4.74 Å². The Morgan fingerprint density at radius 2 is 1.60 bits per heavy atom. The molecule has 162 valence electrons. The molecule has 1 heterocycles. The fourth-order valence-corrected chi connectivity index (χ4v) is 5.41. The normalized spacial score (nSPS) is 16.3. The Labute approximate surface area is 179 Å². The van der Waals surface area contributed by atoms with E-state index in [0.29, 0.717) is 37.4 Å². The first-order valence-corrected chi connectivity index (χ1v) is 11.6. The highest BCUT2D eigenvalue weighted by Gasteiger charge is 2.28. The summed E-state index contributed by atoms with van der Waals surface area (Å²) in [5.74, 6) is -0.293. The summed E-state index contributed by atoms with van der Waals surface area (Å²) in [6.45, 7) is 11.2. The molecule has 1 aliphatic heterocycles. The molecule has 2 aromatic rings. The minimum atomic E-state index is -3.67. The average Bonchev–Trinajstić information content (AvgIpc) is 2.71. The van der Waals surface area contributed by atoms with Crippen molar-refractivity contribution in [2.45, 2.75) is 45.6 Å². The summed E-state index contributed by atoms with van der Waals surface area (Å²) >= 11 is 0. The predicted molar refractivity (Wildman–Crippen MR) is 117 cm³/mol. The highest BCUT2D eigenvalue weighted by molar-refractivity contribution is 7.89. The lowest BCUT2D eigenvalue weighted by molar-refractivity contribution is 0.0730. The number of nitrogens with zero attached hydrogens (tertiary/aromatic N) is 1. The molecular formula is C23H30N2O4S. The van der Waals surface area contributed by atoms with Gasteiger partial charge in [0, 0.05) is 18.7 Å². The maximum atomic E-state index is 13.1. The molecular weight excluding hydrogens is 400 g/mol. The number of carbonyl (C=O) groups is 1. The zero-order chi connectivity index (χ0) is 22.1. The molecule has 6 nitrogen and oxygen atoms in total. The van der Waals surface area contributed by atoms with Crippen LogP contribution in [0.15, 0.2) is 35.2 Å². The van der Waals surface area contributed by atoms with Gasteiger partial charge in [-0.2, -0.15) is 4.31 Å². The first kappa shape index (κ1) is 22.5. The Bertz CT molecular complexity index is 1060. The van der Waals surface area contributed by atoms with E-state index in [2.05, 4.69) is 31.3 Å². The molecule has 30 heavy (non-hydrogen) atoms. The standard InChI is InChI=1S/C23H30N2O4S/c1-15-6-7-20(14-22(15)30(27,28)25-8-10-29-11-9-25)23(26)24-19(5)21-13-17(3)16(2)12-18(21)4/h6-7,12-14,19H,8-11H2,1-5H3,(H,24,26)/t19-/m1/s1. The molecule has 1 amide bonds. The largest absolute Gasteiger partial charge is 0.379 e. The van der Waals surface area contributed by atoms with Crippen LogP contribution in [-0.4, -0.2) is 44.9 Å². The zero-order valence-corrected chi connectivity index (χ0v) is 19.1. The van der Waals surface area contributed by atoms with E-state index in [-0.39, 0.29) is 16.8 Å². The molecule has 1 saturated heterocycles. The van der Waals surface area contributed by atoms with E-state index in [1.807, 2.05) is 13.8 Å². The Balaban J connectivity index is 1.85. The van der Waals surface area contributed by atoms with Crippen LogP contribution < -0.4 is 5.32 Å². The third-order valence-corrected chi connectivity index (χ3v) is 7.78. The maximum Gasteiger partial charge on any atom is 0.251 e. The summed E-state index contributed by atoms with van der Waals surface area (Å²) in [6.07, 6.45) is 0. The summed E-state index contributed by atoms with van der Waals surface area (Å²) in [5.41, 5.74) is 5.51. The third kappa shape index (κ3) is 4.58. The molecule has 0 saturated carbocycles. The summed E-state index contributed by atoms with van der Waals surface area (Å²) in [5, 5.41) is 3.01. The van der Waals surface area contributed by atoms with Crippen LogP contribution >= 0.6 is 0 Å². The van der Waals surface area contributed by atoms with Crippen molar-refractivity contribution in [3.05, 3.63) is 63.7 Å². The topological polar surface area (TPSA) is 75.7 Å². The van der Waals surface area contributed by atoms with E-state index in [0.717, 1.165) is 11.1 Å². The fourth-order valence-electron chi connectivity index (χ4n) is 3.75. The molecule has 0 aliphatic carbocycles. The van der Waals surface area contributed by atoms with Crippen LogP contribution in [0.2, 0.25) is 0 Å². The number of sulfonamides is 1. The average molecular weight is 431 g/mol. The van der Waals surface area contributed by atoms with Gasteiger partial charge < -0.3 is 10.1 Å². The van der Waals surface area contributed by atoms with Crippen molar-refractivity contribution < 1.29 is 17.9 Å². The smallest absolute Gasteiger partial charge is 0.251 e. The molecule has 1 aliphatic rings. The second-order valence-corrected chi connectivity index (χ2v) is 9.89. The highest BCUT2D eigenvalue weighted by atomic mass is 32.2. The molecule has 0 spiro atoms. The van der Waals surface area contributed by atoms with Crippen LogP contribution in [0.4, 0.5) is 0 Å². The number of carbonyl (C=O) groups excluding carboxylic acids is 1. The quantitative estimate of drug-likeness (QED) is 0.789. The molecule has 0 bridgehead atoms. The van der Waals surface area contributed by atoms with E-state index >= 15 is 0 Å². The van der Waals surface area contributed by atoms with Crippen molar-refractivity contribution in [3.63, 3.8) is 0 Å². The van der Waals surface area contributed by atoms with Crippen LogP contribution in [0.3, 0.4) is 0 Å². The van der Waals surface area contributed by atoms with E-state index in [9.17, 15) is 13.2 Å². The molecule has 0 radical (unpaired) electrons. The predicted octanol–water partition coefficient (Wildman–Crippen LogP) is 3.43. The lowest BCUT2D eigenvalue weighted by atomic mass is 9.96. The number of nitrogens with one attached hydrogen (secondary N) is 1. The number of benzene rings is 2. The molecule has 2 aromatic carbocycles. The second kappa shape index (κ2) is 8.88. The molecule has 0 unspecified atom stereocenters. The Morgan fingerprint density at radius 1 is 0.967 bits per heavy atom. The minimum Gasteiger partial charge on any atom is -0.379 e. The fraction of sp³-hybridized carbons (Fsp3) is 0.435. The number of morpholine rings is 1. The lowest BCUT2D eigenvalue weighted by Crippen LogP contribution is -2.41. The van der Waals surface area contributed by atoms with Gasteiger partial charge in [-0.25, -0.2) is 8.42 Å². The SMILES string of the molecule is Cc1cc(C)c([C@@H](C)NC(=O)c2ccc(C)c(S(=O)(=O)N3CCOCC3)c2)cc1C. The van der Waals surface area contributed by atoms with E-state index in [1.54, 1.807) is 19.1 Å².